The molecule has 0 unspecified atom stereocenters. The zero-order valence-corrected chi connectivity index (χ0v) is 19.5. The number of carboxylic acid groups (broad SMARTS) is 2. The number of para-hydroxylation sites is 1. The van der Waals surface area contributed by atoms with Gasteiger partial charge in [0.15, 0.2) is 11.5 Å². The largest absolute Gasteiger partial charge is 0.478 e. The van der Waals surface area contributed by atoms with Gasteiger partial charge in [-0.2, -0.15) is 0 Å². The van der Waals surface area contributed by atoms with Crippen LogP contribution in [0.25, 0.3) is 33.2 Å². The summed E-state index contributed by atoms with van der Waals surface area (Å²) in [7, 11) is 0. The molecule has 2 N–H and O–H groups in total. The molecule has 0 spiro atoms. The van der Waals surface area contributed by atoms with Crippen LogP contribution in [0.5, 0.6) is 11.5 Å². The van der Waals surface area contributed by atoms with Crippen molar-refractivity contribution in [2.75, 3.05) is 6.79 Å². The van der Waals surface area contributed by atoms with E-state index in [-0.39, 0.29) is 18.1 Å². The Morgan fingerprint density at radius 2 is 1.46 bits per heavy atom. The van der Waals surface area contributed by atoms with Gasteiger partial charge in [-0.1, -0.05) is 66.7 Å². The molecule has 4 aromatic carbocycles. The molecule has 6 rings (SSSR count). The Morgan fingerprint density at radius 1 is 0.757 bits per heavy atom. The van der Waals surface area contributed by atoms with Crippen molar-refractivity contribution in [1.82, 2.24) is 4.57 Å². The number of nitrogens with zero attached hydrogens (tertiary/aromatic N) is 1. The third-order valence-electron chi connectivity index (χ3n) is 6.60. The molecule has 5 aromatic rings. The van der Waals surface area contributed by atoms with Gasteiger partial charge in [0.25, 0.3) is 0 Å². The maximum Gasteiger partial charge on any atom is 0.353 e. The maximum atomic E-state index is 12.6. The van der Waals surface area contributed by atoms with Gasteiger partial charge in [-0.05, 0) is 46.5 Å². The van der Waals surface area contributed by atoms with E-state index in [0.717, 1.165) is 27.6 Å². The number of hydrogen-bond acceptors (Lipinski definition) is 4. The number of hydrogen-bond donors (Lipinski definition) is 2. The normalized spacial score (nSPS) is 12.1. The zero-order chi connectivity index (χ0) is 25.5. The zero-order valence-electron chi connectivity index (χ0n) is 19.5. The standard InChI is InChI=1S/C30H21NO6/c32-29(33)22-6-2-1-5-21(22)19-11-9-18(10-12-19)16-31-24-8-4-3-7-23(24)27(28(31)30(34)35)20-13-14-25-26(15-20)37-17-36-25/h1-15H,16-17H2,(H,32,33)(H,34,35). The smallest absolute Gasteiger partial charge is 0.353 e. The summed E-state index contributed by atoms with van der Waals surface area (Å²) >= 11 is 0. The number of rotatable bonds is 6. The first kappa shape index (κ1) is 22.4. The second kappa shape index (κ2) is 8.87. The topological polar surface area (TPSA) is 98.0 Å². The lowest BCUT2D eigenvalue weighted by molar-refractivity contribution is 0.0680. The van der Waals surface area contributed by atoms with E-state index in [4.69, 9.17) is 9.47 Å². The minimum absolute atomic E-state index is 0.138. The summed E-state index contributed by atoms with van der Waals surface area (Å²) in [6.45, 7) is 0.465. The molecule has 0 fully saturated rings. The van der Waals surface area contributed by atoms with Crippen LogP contribution in [-0.4, -0.2) is 33.5 Å². The van der Waals surface area contributed by atoms with Crippen molar-refractivity contribution in [2.24, 2.45) is 0 Å². The van der Waals surface area contributed by atoms with E-state index in [1.807, 2.05) is 60.7 Å². The van der Waals surface area contributed by atoms with Gasteiger partial charge in [0, 0.05) is 23.0 Å². The van der Waals surface area contributed by atoms with E-state index in [0.29, 0.717) is 29.2 Å². The molecule has 7 heteroatoms. The van der Waals surface area contributed by atoms with Crippen LogP contribution in [-0.2, 0) is 6.54 Å². The summed E-state index contributed by atoms with van der Waals surface area (Å²) in [6.07, 6.45) is 0. The van der Waals surface area contributed by atoms with Gasteiger partial charge >= 0.3 is 11.9 Å². The first-order chi connectivity index (χ1) is 18.0. The van der Waals surface area contributed by atoms with Crippen molar-refractivity contribution in [3.63, 3.8) is 0 Å². The number of carbonyl (C=O) groups is 2. The minimum Gasteiger partial charge on any atom is -0.478 e. The van der Waals surface area contributed by atoms with E-state index in [1.165, 1.54) is 0 Å². The number of ether oxygens (including phenoxy) is 2. The molecule has 7 nitrogen and oxygen atoms in total. The van der Waals surface area contributed by atoms with Crippen LogP contribution >= 0.6 is 0 Å². The fourth-order valence-corrected chi connectivity index (χ4v) is 4.93. The van der Waals surface area contributed by atoms with Gasteiger partial charge in [-0.15, -0.1) is 0 Å². The van der Waals surface area contributed by atoms with Crippen LogP contribution in [0, 0.1) is 0 Å². The Hall–Kier alpha value is -5.04. The highest BCUT2D eigenvalue weighted by Gasteiger charge is 2.25. The molecular weight excluding hydrogens is 470 g/mol. The van der Waals surface area contributed by atoms with Crippen LogP contribution < -0.4 is 9.47 Å². The SMILES string of the molecule is O=C(O)c1ccccc1-c1ccc(Cn2c(C(=O)O)c(-c3ccc4c(c3)OCO4)c3ccccc32)cc1. The van der Waals surface area contributed by atoms with Crippen LogP contribution in [0.15, 0.2) is 91.0 Å². The van der Waals surface area contributed by atoms with Gasteiger partial charge in [-0.25, -0.2) is 9.59 Å². The van der Waals surface area contributed by atoms with E-state index in [9.17, 15) is 19.8 Å². The predicted molar refractivity (Wildman–Crippen MR) is 138 cm³/mol. The van der Waals surface area contributed by atoms with Crippen LogP contribution in [0.3, 0.4) is 0 Å². The number of benzene rings is 4. The Balaban J connectivity index is 1.44. The molecule has 0 saturated heterocycles. The van der Waals surface area contributed by atoms with Crippen molar-refractivity contribution in [3.8, 4) is 33.8 Å². The van der Waals surface area contributed by atoms with Gasteiger partial charge in [0.1, 0.15) is 5.69 Å². The lowest BCUT2D eigenvalue weighted by Gasteiger charge is -2.11. The molecule has 0 amide bonds. The average Bonchev–Trinajstić information content (AvgIpc) is 3.51. The fourth-order valence-electron chi connectivity index (χ4n) is 4.93. The van der Waals surface area contributed by atoms with Crippen molar-refractivity contribution in [3.05, 3.63) is 108 Å². The van der Waals surface area contributed by atoms with Crippen molar-refractivity contribution in [2.45, 2.75) is 6.54 Å². The molecule has 0 atom stereocenters. The van der Waals surface area contributed by atoms with Gasteiger partial charge < -0.3 is 24.3 Å². The van der Waals surface area contributed by atoms with Gasteiger partial charge in [0.05, 0.1) is 5.56 Å². The van der Waals surface area contributed by atoms with E-state index in [1.54, 1.807) is 34.9 Å². The summed E-state index contributed by atoms with van der Waals surface area (Å²) < 4.78 is 12.8. The first-order valence-corrected chi connectivity index (χ1v) is 11.7. The molecule has 2 heterocycles. The highest BCUT2D eigenvalue weighted by molar-refractivity contribution is 6.08. The molecule has 37 heavy (non-hydrogen) atoms. The third kappa shape index (κ3) is 3.87. The Kier molecular flexibility index (Phi) is 5.38. The van der Waals surface area contributed by atoms with E-state index >= 15 is 0 Å². The Bertz CT molecular complexity index is 1680. The molecule has 182 valence electrons. The van der Waals surface area contributed by atoms with Crippen molar-refractivity contribution < 1.29 is 29.3 Å². The van der Waals surface area contributed by atoms with Crippen LogP contribution in [0.1, 0.15) is 26.4 Å². The quantitative estimate of drug-likeness (QED) is 0.296. The molecule has 0 saturated carbocycles. The van der Waals surface area contributed by atoms with Crippen LogP contribution in [0.4, 0.5) is 0 Å². The number of carboxylic acids is 2. The average molecular weight is 491 g/mol. The summed E-state index contributed by atoms with van der Waals surface area (Å²) in [4.78, 5) is 24.3. The first-order valence-electron chi connectivity index (χ1n) is 11.7. The summed E-state index contributed by atoms with van der Waals surface area (Å²) in [5.41, 5.74) is 4.85. The Morgan fingerprint density at radius 3 is 2.24 bits per heavy atom. The summed E-state index contributed by atoms with van der Waals surface area (Å²) in [5.74, 6) is -0.798. The fraction of sp³-hybridized carbons (Fsp3) is 0.0667. The monoisotopic (exact) mass is 491 g/mol. The molecular formula is C30H21NO6. The number of aromatic carboxylic acids is 2. The summed E-state index contributed by atoms with van der Waals surface area (Å²) in [6, 6.07) is 27.4. The number of fused-ring (bicyclic) bond motifs is 2. The molecule has 0 aliphatic carbocycles. The maximum absolute atomic E-state index is 12.6. The molecule has 1 aromatic heterocycles. The van der Waals surface area contributed by atoms with E-state index < -0.39 is 11.9 Å². The number of aromatic nitrogens is 1. The van der Waals surface area contributed by atoms with Gasteiger partial charge in [0.2, 0.25) is 6.79 Å². The predicted octanol–water partition coefficient (Wildman–Crippen LogP) is 6.15. The molecule has 1 aliphatic heterocycles. The Labute approximate surface area is 211 Å². The second-order valence-electron chi connectivity index (χ2n) is 8.75. The molecule has 0 bridgehead atoms. The van der Waals surface area contributed by atoms with Crippen molar-refractivity contribution >= 4 is 22.8 Å². The molecule has 1 aliphatic rings. The molecule has 0 radical (unpaired) electrons. The lowest BCUT2D eigenvalue weighted by atomic mass is 9.98. The highest BCUT2D eigenvalue weighted by atomic mass is 16.7. The third-order valence-corrected chi connectivity index (χ3v) is 6.60. The van der Waals surface area contributed by atoms with Gasteiger partial charge in [-0.3, -0.25) is 0 Å². The second-order valence-corrected chi connectivity index (χ2v) is 8.75. The highest BCUT2D eigenvalue weighted by Crippen LogP contribution is 2.41. The summed E-state index contributed by atoms with van der Waals surface area (Å²) in [5, 5.41) is 20.7. The lowest BCUT2D eigenvalue weighted by Crippen LogP contribution is -2.10. The van der Waals surface area contributed by atoms with E-state index in [2.05, 4.69) is 0 Å². The minimum atomic E-state index is -1.03. The van der Waals surface area contributed by atoms with Crippen LogP contribution in [0.2, 0.25) is 0 Å². The van der Waals surface area contributed by atoms with Crippen molar-refractivity contribution in [1.29, 1.82) is 0 Å².